The summed E-state index contributed by atoms with van der Waals surface area (Å²) in [5.41, 5.74) is 1.13. The third kappa shape index (κ3) is 1.64. The van der Waals surface area contributed by atoms with E-state index in [-0.39, 0.29) is 0 Å². The second-order valence-electron chi connectivity index (χ2n) is 6.86. The Kier molecular flexibility index (Phi) is 2.52. The van der Waals surface area contributed by atoms with Gasteiger partial charge < -0.3 is 0 Å². The van der Waals surface area contributed by atoms with E-state index in [4.69, 9.17) is 16.6 Å². The number of nitrogens with zero attached hydrogens (tertiary/aromatic N) is 1. The average Bonchev–Trinajstić information content (AvgIpc) is 2.78. The Bertz CT molecular complexity index is 617. The number of para-hydroxylation sites is 1. The van der Waals surface area contributed by atoms with Crippen molar-refractivity contribution in [1.29, 1.82) is 0 Å². The van der Waals surface area contributed by atoms with E-state index in [2.05, 4.69) is 24.3 Å². The summed E-state index contributed by atoms with van der Waals surface area (Å²) in [7, 11) is 0. The maximum absolute atomic E-state index is 6.77. The summed E-state index contributed by atoms with van der Waals surface area (Å²) in [4.78, 5) is 4.74. The number of halogens is 1. The molecule has 0 amide bonds. The van der Waals surface area contributed by atoms with Gasteiger partial charge in [0.15, 0.2) is 0 Å². The summed E-state index contributed by atoms with van der Waals surface area (Å²) in [5, 5.41) is 1.54. The van der Waals surface area contributed by atoms with Gasteiger partial charge in [-0.2, -0.15) is 0 Å². The second-order valence-corrected chi connectivity index (χ2v) is 8.54. The fraction of sp³-hybridized carbons (Fsp3) is 0.588. The van der Waals surface area contributed by atoms with Crippen LogP contribution in [0.25, 0.3) is 10.2 Å². The van der Waals surface area contributed by atoms with Crippen molar-refractivity contribution in [3.05, 3.63) is 29.3 Å². The number of aromatic nitrogens is 1. The van der Waals surface area contributed by atoms with Gasteiger partial charge in [-0.3, -0.25) is 0 Å². The summed E-state index contributed by atoms with van der Waals surface area (Å²) in [6, 6.07) is 8.41. The average molecular weight is 304 g/mol. The van der Waals surface area contributed by atoms with E-state index in [0.717, 1.165) is 41.5 Å². The molecular weight excluding hydrogens is 286 g/mol. The molecule has 3 heteroatoms. The first-order valence-electron chi connectivity index (χ1n) is 7.80. The maximum Gasteiger partial charge on any atom is 0.0953 e. The topological polar surface area (TPSA) is 12.9 Å². The van der Waals surface area contributed by atoms with Gasteiger partial charge >= 0.3 is 0 Å². The SMILES string of the molecule is ClC(Cc1nc2ccccc2s1)C1C2C3CCC(C3)C12. The van der Waals surface area contributed by atoms with Crippen LogP contribution in [0.4, 0.5) is 0 Å². The first-order chi connectivity index (χ1) is 9.81. The van der Waals surface area contributed by atoms with Crippen molar-refractivity contribution >= 4 is 33.2 Å². The van der Waals surface area contributed by atoms with Crippen LogP contribution in [0, 0.1) is 29.6 Å². The van der Waals surface area contributed by atoms with Gasteiger partial charge in [-0.05, 0) is 61.0 Å². The lowest BCUT2D eigenvalue weighted by atomic mass is 9.99. The monoisotopic (exact) mass is 303 g/mol. The Balaban J connectivity index is 1.34. The highest BCUT2D eigenvalue weighted by molar-refractivity contribution is 7.18. The van der Waals surface area contributed by atoms with Crippen LogP contribution in [0.3, 0.4) is 0 Å². The summed E-state index contributed by atoms with van der Waals surface area (Å²) in [6.45, 7) is 0. The summed E-state index contributed by atoms with van der Waals surface area (Å²) >= 11 is 8.59. The predicted octanol–water partition coefficient (Wildman–Crippen LogP) is 4.74. The van der Waals surface area contributed by atoms with Gasteiger partial charge in [0.25, 0.3) is 0 Å². The Labute approximate surface area is 128 Å². The molecular formula is C17H18ClNS. The van der Waals surface area contributed by atoms with Gasteiger partial charge in [0.05, 0.1) is 15.2 Å². The van der Waals surface area contributed by atoms with Gasteiger partial charge in [0, 0.05) is 11.8 Å². The van der Waals surface area contributed by atoms with Crippen molar-refractivity contribution in [2.45, 2.75) is 31.1 Å². The first-order valence-corrected chi connectivity index (χ1v) is 9.05. The molecule has 20 heavy (non-hydrogen) atoms. The summed E-state index contributed by atoms with van der Waals surface area (Å²) in [6.07, 6.45) is 5.44. The number of alkyl halides is 1. The molecule has 0 N–H and O–H groups in total. The Morgan fingerprint density at radius 2 is 1.95 bits per heavy atom. The van der Waals surface area contributed by atoms with Crippen molar-refractivity contribution in [2.75, 3.05) is 0 Å². The third-order valence-corrected chi connectivity index (χ3v) is 7.42. The van der Waals surface area contributed by atoms with Crippen molar-refractivity contribution < 1.29 is 0 Å². The molecule has 5 rings (SSSR count). The lowest BCUT2D eigenvalue weighted by Gasteiger charge is -2.12. The summed E-state index contributed by atoms with van der Waals surface area (Å²) in [5.74, 6) is 4.80. The van der Waals surface area contributed by atoms with Gasteiger partial charge in [0.2, 0.25) is 0 Å². The van der Waals surface area contributed by atoms with Crippen LogP contribution in [0.15, 0.2) is 24.3 Å². The molecule has 1 nitrogen and oxygen atoms in total. The molecule has 0 radical (unpaired) electrons. The normalized spacial score (nSPS) is 39.1. The highest BCUT2D eigenvalue weighted by Gasteiger charge is 2.66. The summed E-state index contributed by atoms with van der Waals surface area (Å²) < 4.78 is 1.29. The third-order valence-electron chi connectivity index (χ3n) is 5.92. The van der Waals surface area contributed by atoms with Crippen LogP contribution in [0.5, 0.6) is 0 Å². The zero-order valence-corrected chi connectivity index (χ0v) is 12.9. The minimum absolute atomic E-state index is 0.314. The fourth-order valence-electron chi connectivity index (χ4n) is 5.19. The maximum atomic E-state index is 6.77. The Morgan fingerprint density at radius 1 is 1.20 bits per heavy atom. The van der Waals surface area contributed by atoms with E-state index in [1.807, 2.05) is 11.3 Å². The fourth-order valence-corrected chi connectivity index (χ4v) is 6.79. The van der Waals surface area contributed by atoms with Crippen LogP contribution < -0.4 is 0 Å². The first kappa shape index (κ1) is 12.0. The van der Waals surface area contributed by atoms with E-state index in [1.165, 1.54) is 29.0 Å². The van der Waals surface area contributed by atoms with Gasteiger partial charge in [0.1, 0.15) is 0 Å². The van der Waals surface area contributed by atoms with Crippen molar-refractivity contribution in [1.82, 2.24) is 4.98 Å². The smallest absolute Gasteiger partial charge is 0.0953 e. The molecule has 3 aliphatic rings. The molecule has 3 aliphatic carbocycles. The largest absolute Gasteiger partial charge is 0.241 e. The zero-order chi connectivity index (χ0) is 13.3. The number of thiazole rings is 1. The Morgan fingerprint density at radius 3 is 2.70 bits per heavy atom. The van der Waals surface area contributed by atoms with Crippen LogP contribution >= 0.6 is 22.9 Å². The number of hydrogen-bond acceptors (Lipinski definition) is 2. The van der Waals surface area contributed by atoms with Crippen LogP contribution in [-0.2, 0) is 6.42 Å². The highest BCUT2D eigenvalue weighted by Crippen LogP contribution is 2.71. The van der Waals surface area contributed by atoms with E-state index in [9.17, 15) is 0 Å². The van der Waals surface area contributed by atoms with E-state index < -0.39 is 0 Å². The molecule has 104 valence electrons. The molecule has 5 atom stereocenters. The number of hydrogen-bond donors (Lipinski definition) is 0. The quantitative estimate of drug-likeness (QED) is 0.746. The second kappa shape index (κ2) is 4.20. The van der Waals surface area contributed by atoms with Crippen molar-refractivity contribution in [3.63, 3.8) is 0 Å². The van der Waals surface area contributed by atoms with Gasteiger partial charge in [-0.25, -0.2) is 4.98 Å². The van der Waals surface area contributed by atoms with Crippen LogP contribution in [0.1, 0.15) is 24.3 Å². The van der Waals surface area contributed by atoms with Gasteiger partial charge in [-0.1, -0.05) is 12.1 Å². The molecule has 3 saturated carbocycles. The molecule has 3 fully saturated rings. The lowest BCUT2D eigenvalue weighted by molar-refractivity contribution is 0.449. The molecule has 0 aliphatic heterocycles. The van der Waals surface area contributed by atoms with Gasteiger partial charge in [-0.15, -0.1) is 22.9 Å². The molecule has 2 aromatic rings. The number of rotatable bonds is 3. The Hall–Kier alpha value is -0.600. The molecule has 1 aromatic carbocycles. The molecule has 0 saturated heterocycles. The standard InChI is InChI=1S/C17H18ClNS/c18-11(17-15-9-5-6-10(7-9)16(15)17)8-14-19-12-3-1-2-4-13(12)20-14/h1-4,9-11,15-17H,5-8H2. The van der Waals surface area contributed by atoms with Crippen molar-refractivity contribution in [3.8, 4) is 0 Å². The molecule has 1 aromatic heterocycles. The zero-order valence-electron chi connectivity index (χ0n) is 11.3. The predicted molar refractivity (Wildman–Crippen MR) is 84.3 cm³/mol. The van der Waals surface area contributed by atoms with E-state index >= 15 is 0 Å². The lowest BCUT2D eigenvalue weighted by Crippen LogP contribution is -2.12. The van der Waals surface area contributed by atoms with E-state index in [1.54, 1.807) is 0 Å². The van der Waals surface area contributed by atoms with Crippen LogP contribution in [0.2, 0.25) is 0 Å². The molecule has 5 unspecified atom stereocenters. The molecule has 2 bridgehead atoms. The van der Waals surface area contributed by atoms with Crippen LogP contribution in [-0.4, -0.2) is 10.4 Å². The van der Waals surface area contributed by atoms with Crippen molar-refractivity contribution in [2.24, 2.45) is 29.6 Å². The minimum atomic E-state index is 0.314. The van der Waals surface area contributed by atoms with E-state index in [0.29, 0.717) is 5.38 Å². The highest BCUT2D eigenvalue weighted by atomic mass is 35.5. The molecule has 1 heterocycles. The number of benzene rings is 1. The minimum Gasteiger partial charge on any atom is -0.241 e. The molecule has 0 spiro atoms. The number of fused-ring (bicyclic) bond motifs is 6.